The van der Waals surface area contributed by atoms with E-state index in [2.05, 4.69) is 6.07 Å². The Bertz CT molecular complexity index is 564. The number of aromatic hydroxyl groups is 2. The standard InChI is InChI=1S/C15H19N3O3/c1-15(2,10-16)18-5-3-17(4-6-18)14(21)11-7-12(19)9-13(20)8-11/h7-9,19-20H,3-6H2,1-2H3. The summed E-state index contributed by atoms with van der Waals surface area (Å²) in [5.74, 6) is -0.499. The molecular weight excluding hydrogens is 270 g/mol. The van der Waals surface area contributed by atoms with Gasteiger partial charge in [0.05, 0.1) is 6.07 Å². The number of nitrogens with zero attached hydrogens (tertiary/aromatic N) is 3. The number of hydrogen-bond acceptors (Lipinski definition) is 5. The fourth-order valence-electron chi connectivity index (χ4n) is 2.44. The summed E-state index contributed by atoms with van der Waals surface area (Å²) in [5.41, 5.74) is -0.279. The number of phenolic OH excluding ortho intramolecular Hbond substituents is 2. The smallest absolute Gasteiger partial charge is 0.254 e. The third-order valence-corrected chi connectivity index (χ3v) is 3.78. The molecule has 1 aromatic rings. The largest absolute Gasteiger partial charge is 0.508 e. The summed E-state index contributed by atoms with van der Waals surface area (Å²) in [7, 11) is 0. The van der Waals surface area contributed by atoms with Gasteiger partial charge in [-0.15, -0.1) is 0 Å². The molecule has 0 spiro atoms. The van der Waals surface area contributed by atoms with E-state index in [1.54, 1.807) is 4.90 Å². The van der Waals surface area contributed by atoms with Crippen molar-refractivity contribution in [1.29, 1.82) is 5.26 Å². The van der Waals surface area contributed by atoms with E-state index in [0.29, 0.717) is 26.2 Å². The lowest BCUT2D eigenvalue weighted by Crippen LogP contribution is -2.55. The van der Waals surface area contributed by atoms with Crippen LogP contribution >= 0.6 is 0 Å². The average Bonchev–Trinajstić information content (AvgIpc) is 2.45. The fourth-order valence-corrected chi connectivity index (χ4v) is 2.44. The molecule has 2 rings (SSSR count). The van der Waals surface area contributed by atoms with Crippen molar-refractivity contribution >= 4 is 5.91 Å². The Balaban J connectivity index is 2.05. The van der Waals surface area contributed by atoms with E-state index in [9.17, 15) is 15.0 Å². The summed E-state index contributed by atoms with van der Waals surface area (Å²) in [4.78, 5) is 16.1. The first-order chi connectivity index (χ1) is 9.83. The molecule has 0 radical (unpaired) electrons. The van der Waals surface area contributed by atoms with E-state index in [0.717, 1.165) is 0 Å². The Morgan fingerprint density at radius 2 is 1.67 bits per heavy atom. The fraction of sp³-hybridized carbons (Fsp3) is 0.467. The topological polar surface area (TPSA) is 87.8 Å². The van der Waals surface area contributed by atoms with E-state index in [-0.39, 0.29) is 23.0 Å². The van der Waals surface area contributed by atoms with Gasteiger partial charge in [-0.2, -0.15) is 5.26 Å². The molecule has 0 unspecified atom stereocenters. The van der Waals surface area contributed by atoms with Crippen LogP contribution in [0, 0.1) is 11.3 Å². The van der Waals surface area contributed by atoms with Gasteiger partial charge in [0.15, 0.2) is 0 Å². The minimum Gasteiger partial charge on any atom is -0.508 e. The summed E-state index contributed by atoms with van der Waals surface area (Å²) in [6.07, 6.45) is 0. The average molecular weight is 289 g/mol. The first-order valence-electron chi connectivity index (χ1n) is 6.82. The lowest BCUT2D eigenvalue weighted by Gasteiger charge is -2.40. The van der Waals surface area contributed by atoms with Crippen LogP contribution in [0.5, 0.6) is 11.5 Å². The van der Waals surface area contributed by atoms with E-state index >= 15 is 0 Å². The van der Waals surface area contributed by atoms with Crippen molar-refractivity contribution < 1.29 is 15.0 Å². The molecule has 6 nitrogen and oxygen atoms in total. The van der Waals surface area contributed by atoms with Crippen molar-refractivity contribution in [3.8, 4) is 17.6 Å². The Kier molecular flexibility index (Phi) is 4.05. The second-order valence-corrected chi connectivity index (χ2v) is 5.69. The van der Waals surface area contributed by atoms with Crippen molar-refractivity contribution in [3.05, 3.63) is 23.8 Å². The van der Waals surface area contributed by atoms with Crippen LogP contribution in [0.4, 0.5) is 0 Å². The predicted octanol–water partition coefficient (Wildman–Crippen LogP) is 1.16. The second kappa shape index (κ2) is 5.62. The highest BCUT2D eigenvalue weighted by molar-refractivity contribution is 5.95. The number of piperazine rings is 1. The summed E-state index contributed by atoms with van der Waals surface area (Å²) >= 11 is 0. The molecule has 1 saturated heterocycles. The molecule has 112 valence electrons. The van der Waals surface area contributed by atoms with Gasteiger partial charge in [0.2, 0.25) is 0 Å². The lowest BCUT2D eigenvalue weighted by atomic mass is 10.0. The lowest BCUT2D eigenvalue weighted by molar-refractivity contribution is 0.0520. The van der Waals surface area contributed by atoms with E-state index < -0.39 is 5.54 Å². The van der Waals surface area contributed by atoms with Crippen molar-refractivity contribution in [3.63, 3.8) is 0 Å². The zero-order chi connectivity index (χ0) is 15.6. The number of rotatable bonds is 2. The number of phenols is 2. The minimum atomic E-state index is -0.543. The molecule has 0 aromatic heterocycles. The zero-order valence-corrected chi connectivity index (χ0v) is 12.2. The number of carbonyl (C=O) groups excluding carboxylic acids is 1. The van der Waals surface area contributed by atoms with E-state index in [1.807, 2.05) is 18.7 Å². The van der Waals surface area contributed by atoms with Crippen LogP contribution in [0.15, 0.2) is 18.2 Å². The van der Waals surface area contributed by atoms with Gasteiger partial charge in [-0.05, 0) is 26.0 Å². The molecule has 1 aliphatic rings. The normalized spacial score (nSPS) is 16.5. The molecule has 1 aliphatic heterocycles. The van der Waals surface area contributed by atoms with Gasteiger partial charge in [-0.25, -0.2) is 0 Å². The SMILES string of the molecule is CC(C)(C#N)N1CCN(C(=O)c2cc(O)cc(O)c2)CC1. The van der Waals surface area contributed by atoms with Gasteiger partial charge in [0, 0.05) is 37.8 Å². The maximum Gasteiger partial charge on any atom is 0.254 e. The number of nitriles is 1. The molecule has 1 amide bonds. The van der Waals surface area contributed by atoms with Gasteiger partial charge in [-0.1, -0.05) is 0 Å². The highest BCUT2D eigenvalue weighted by Crippen LogP contribution is 2.23. The molecule has 1 heterocycles. The molecular formula is C15H19N3O3. The molecule has 2 N–H and O–H groups in total. The Morgan fingerprint density at radius 3 is 2.14 bits per heavy atom. The number of carbonyl (C=O) groups is 1. The number of amides is 1. The Labute approximate surface area is 123 Å². The molecule has 1 fully saturated rings. The predicted molar refractivity (Wildman–Crippen MR) is 76.9 cm³/mol. The highest BCUT2D eigenvalue weighted by atomic mass is 16.3. The van der Waals surface area contributed by atoms with Crippen LogP contribution in [-0.4, -0.2) is 57.6 Å². The molecule has 0 saturated carbocycles. The van der Waals surface area contributed by atoms with Gasteiger partial charge < -0.3 is 15.1 Å². The minimum absolute atomic E-state index is 0.136. The Hall–Kier alpha value is -2.26. The summed E-state index contributed by atoms with van der Waals surface area (Å²) in [6, 6.07) is 6.12. The van der Waals surface area contributed by atoms with Crippen molar-refractivity contribution in [2.45, 2.75) is 19.4 Å². The van der Waals surface area contributed by atoms with Crippen LogP contribution in [0.3, 0.4) is 0 Å². The highest BCUT2D eigenvalue weighted by Gasteiger charge is 2.31. The first-order valence-corrected chi connectivity index (χ1v) is 6.82. The molecule has 0 bridgehead atoms. The van der Waals surface area contributed by atoms with Crippen LogP contribution in [0.1, 0.15) is 24.2 Å². The molecule has 0 aliphatic carbocycles. The number of benzene rings is 1. The van der Waals surface area contributed by atoms with Crippen molar-refractivity contribution in [1.82, 2.24) is 9.80 Å². The zero-order valence-electron chi connectivity index (χ0n) is 12.2. The maximum atomic E-state index is 12.4. The quantitative estimate of drug-likeness (QED) is 0.853. The van der Waals surface area contributed by atoms with Gasteiger partial charge in [-0.3, -0.25) is 9.69 Å². The molecule has 0 atom stereocenters. The van der Waals surface area contributed by atoms with Crippen LogP contribution < -0.4 is 0 Å². The summed E-state index contributed by atoms with van der Waals surface area (Å²) in [5, 5.41) is 28.0. The van der Waals surface area contributed by atoms with Gasteiger partial charge in [0.1, 0.15) is 17.0 Å². The monoisotopic (exact) mass is 289 g/mol. The van der Waals surface area contributed by atoms with Crippen molar-refractivity contribution in [2.24, 2.45) is 0 Å². The molecule has 1 aromatic carbocycles. The van der Waals surface area contributed by atoms with Crippen molar-refractivity contribution in [2.75, 3.05) is 26.2 Å². The van der Waals surface area contributed by atoms with Gasteiger partial charge in [0.25, 0.3) is 5.91 Å². The molecule has 6 heteroatoms. The van der Waals surface area contributed by atoms with E-state index in [1.165, 1.54) is 18.2 Å². The molecule has 21 heavy (non-hydrogen) atoms. The summed E-state index contributed by atoms with van der Waals surface area (Å²) in [6.45, 7) is 5.99. The maximum absolute atomic E-state index is 12.4. The van der Waals surface area contributed by atoms with Gasteiger partial charge >= 0.3 is 0 Å². The van der Waals surface area contributed by atoms with Crippen LogP contribution in [-0.2, 0) is 0 Å². The third-order valence-electron chi connectivity index (χ3n) is 3.78. The third kappa shape index (κ3) is 3.26. The van der Waals surface area contributed by atoms with Crippen LogP contribution in [0.25, 0.3) is 0 Å². The second-order valence-electron chi connectivity index (χ2n) is 5.69. The number of hydrogen-bond donors (Lipinski definition) is 2. The Morgan fingerprint density at radius 1 is 1.14 bits per heavy atom. The summed E-state index contributed by atoms with van der Waals surface area (Å²) < 4.78 is 0. The first kappa shape index (κ1) is 15.1. The van der Waals surface area contributed by atoms with E-state index in [4.69, 9.17) is 5.26 Å². The van der Waals surface area contributed by atoms with Crippen LogP contribution in [0.2, 0.25) is 0 Å².